The number of morpholine rings is 1. The molecule has 2 saturated heterocycles. The molecule has 0 radical (unpaired) electrons. The number of guanidine groups is 1. The highest BCUT2D eigenvalue weighted by atomic mass is 16.5. The smallest absolute Gasteiger partial charge is 0.413 e. The third-order valence-electron chi connectivity index (χ3n) is 7.59. The number of carbonyl (C=O) groups is 2. The molecule has 1 saturated carbocycles. The summed E-state index contributed by atoms with van der Waals surface area (Å²) in [6.07, 6.45) is 9.78. The Morgan fingerprint density at radius 1 is 1.24 bits per heavy atom. The van der Waals surface area contributed by atoms with E-state index in [0.717, 1.165) is 38.8 Å². The van der Waals surface area contributed by atoms with Crippen LogP contribution < -0.4 is 10.6 Å². The number of aliphatic imine (C=N–C) groups is 1. The van der Waals surface area contributed by atoms with Crippen LogP contribution in [0, 0.1) is 17.2 Å². The zero-order valence-corrected chi connectivity index (χ0v) is 23.1. The van der Waals surface area contributed by atoms with Crippen LogP contribution in [0.15, 0.2) is 17.3 Å². The van der Waals surface area contributed by atoms with Gasteiger partial charge in [-0.05, 0) is 45.2 Å². The van der Waals surface area contributed by atoms with Crippen LogP contribution in [0.5, 0.6) is 0 Å². The van der Waals surface area contributed by atoms with Crippen molar-refractivity contribution in [3.63, 3.8) is 0 Å². The van der Waals surface area contributed by atoms with Gasteiger partial charge in [-0.15, -0.1) is 0 Å². The Hall–Kier alpha value is -2.84. The Morgan fingerprint density at radius 3 is 2.63 bits per heavy atom. The molecule has 2 atom stereocenters. The molecule has 11 heteroatoms. The standard InChI is InChI=1S/C27H44N6O5/c1-4-37-26(35)30-25(33-15-17-38-22(19-33)10-16-36-3)29-23(18-21-8-6-5-7-9-21)24(34)31-27(20-28)11-13-32(2)14-12-27/h10,16,21-23H,4-9,11-15,17-19H2,1-3H3,(H,31,34)(H,29,30,35)/b16-10+/t22?,23-/m0/s1. The molecule has 2 aliphatic heterocycles. The van der Waals surface area contributed by atoms with Gasteiger partial charge in [0.1, 0.15) is 11.6 Å². The van der Waals surface area contributed by atoms with Crippen molar-refractivity contribution in [1.82, 2.24) is 20.4 Å². The fourth-order valence-corrected chi connectivity index (χ4v) is 5.29. The molecule has 212 valence electrons. The van der Waals surface area contributed by atoms with Crippen LogP contribution in [0.3, 0.4) is 0 Å². The number of rotatable bonds is 8. The highest BCUT2D eigenvalue weighted by Gasteiger charge is 2.38. The summed E-state index contributed by atoms with van der Waals surface area (Å²) in [5.41, 5.74) is -0.909. The first-order valence-electron chi connectivity index (χ1n) is 13.9. The summed E-state index contributed by atoms with van der Waals surface area (Å²) in [5, 5.41) is 15.9. The minimum absolute atomic E-state index is 0.215. The molecule has 3 fully saturated rings. The van der Waals surface area contributed by atoms with Crippen molar-refractivity contribution in [2.75, 3.05) is 53.6 Å². The van der Waals surface area contributed by atoms with Crippen molar-refractivity contribution in [2.45, 2.75) is 76.0 Å². The van der Waals surface area contributed by atoms with E-state index in [0.29, 0.717) is 44.9 Å². The Balaban J connectivity index is 1.88. The van der Waals surface area contributed by atoms with Gasteiger partial charge in [-0.2, -0.15) is 5.26 Å². The van der Waals surface area contributed by atoms with Gasteiger partial charge in [-0.3, -0.25) is 10.1 Å². The lowest BCUT2D eigenvalue weighted by Gasteiger charge is -2.37. The largest absolute Gasteiger partial charge is 0.505 e. The second kappa shape index (κ2) is 14.9. The van der Waals surface area contributed by atoms with E-state index in [4.69, 9.17) is 19.2 Å². The molecule has 0 aromatic carbocycles. The SMILES string of the molecule is CCOC(=O)NC(=N[C@@H](CC1CCCCC1)C(=O)NC1(C#N)CCN(C)CC1)N1CCOC(/C=C/OC)C1. The molecule has 1 unspecified atom stereocenters. The number of hydrogen-bond donors (Lipinski definition) is 2. The summed E-state index contributed by atoms with van der Waals surface area (Å²) >= 11 is 0. The number of methoxy groups -OCH3 is 1. The molecule has 2 heterocycles. The van der Waals surface area contributed by atoms with Crippen molar-refractivity contribution < 1.29 is 23.8 Å². The number of nitrogens with zero attached hydrogens (tertiary/aromatic N) is 4. The summed E-state index contributed by atoms with van der Waals surface area (Å²) in [7, 11) is 3.59. The van der Waals surface area contributed by atoms with Crippen molar-refractivity contribution >= 4 is 18.0 Å². The Labute approximate surface area is 226 Å². The van der Waals surface area contributed by atoms with Crippen LogP contribution in [-0.2, 0) is 19.0 Å². The molecule has 2 amide bonds. The number of piperidine rings is 1. The molecule has 0 bridgehead atoms. The van der Waals surface area contributed by atoms with Gasteiger partial charge in [-0.25, -0.2) is 9.79 Å². The fourth-order valence-electron chi connectivity index (χ4n) is 5.29. The zero-order valence-electron chi connectivity index (χ0n) is 23.1. The highest BCUT2D eigenvalue weighted by Crippen LogP contribution is 2.29. The first-order chi connectivity index (χ1) is 18.4. The van der Waals surface area contributed by atoms with E-state index in [1.165, 1.54) is 6.42 Å². The molecule has 0 aromatic heterocycles. The molecule has 11 nitrogen and oxygen atoms in total. The summed E-state index contributed by atoms with van der Waals surface area (Å²) in [5.74, 6) is 0.381. The van der Waals surface area contributed by atoms with Gasteiger partial charge < -0.3 is 29.3 Å². The predicted molar refractivity (Wildman–Crippen MR) is 143 cm³/mol. The molecule has 1 aliphatic carbocycles. The van der Waals surface area contributed by atoms with Gasteiger partial charge in [0, 0.05) is 19.6 Å². The van der Waals surface area contributed by atoms with E-state index < -0.39 is 17.7 Å². The first-order valence-corrected chi connectivity index (χ1v) is 13.9. The molecule has 0 spiro atoms. The molecule has 0 aromatic rings. The van der Waals surface area contributed by atoms with E-state index in [1.54, 1.807) is 26.4 Å². The number of carbonyl (C=O) groups excluding carboxylic acids is 2. The van der Waals surface area contributed by atoms with E-state index in [2.05, 4.69) is 21.6 Å². The topological polar surface area (TPSA) is 129 Å². The number of hydrogen-bond acceptors (Lipinski definition) is 8. The molecular weight excluding hydrogens is 488 g/mol. The van der Waals surface area contributed by atoms with E-state index in [9.17, 15) is 14.9 Å². The average Bonchev–Trinajstić information content (AvgIpc) is 2.93. The van der Waals surface area contributed by atoms with Gasteiger partial charge in [0.15, 0.2) is 0 Å². The van der Waals surface area contributed by atoms with Crippen LogP contribution in [0.25, 0.3) is 0 Å². The van der Waals surface area contributed by atoms with E-state index in [1.807, 2.05) is 11.9 Å². The number of ether oxygens (including phenoxy) is 3. The average molecular weight is 533 g/mol. The number of alkyl carbamates (subject to hydrolysis) is 1. The molecule has 3 rings (SSSR count). The van der Waals surface area contributed by atoms with E-state index in [-0.39, 0.29) is 24.6 Å². The Bertz CT molecular complexity index is 874. The monoisotopic (exact) mass is 532 g/mol. The molecular formula is C27H44N6O5. The lowest BCUT2D eigenvalue weighted by molar-refractivity contribution is -0.124. The predicted octanol–water partition coefficient (Wildman–Crippen LogP) is 2.39. The molecule has 2 N–H and O–H groups in total. The summed E-state index contributed by atoms with van der Waals surface area (Å²) in [6.45, 7) is 4.78. The second-order valence-electron chi connectivity index (χ2n) is 10.5. The number of nitriles is 1. The van der Waals surface area contributed by atoms with Crippen molar-refractivity contribution in [2.24, 2.45) is 10.9 Å². The quantitative estimate of drug-likeness (QED) is 0.277. The minimum atomic E-state index is -0.909. The van der Waals surface area contributed by atoms with Gasteiger partial charge in [-0.1, -0.05) is 32.1 Å². The Morgan fingerprint density at radius 2 is 1.97 bits per heavy atom. The number of likely N-dealkylation sites (tertiary alicyclic amines) is 1. The van der Waals surface area contributed by atoms with Crippen LogP contribution >= 0.6 is 0 Å². The van der Waals surface area contributed by atoms with Gasteiger partial charge in [0.25, 0.3) is 0 Å². The third kappa shape index (κ3) is 8.88. The van der Waals surface area contributed by atoms with Crippen molar-refractivity contribution in [1.29, 1.82) is 5.26 Å². The summed E-state index contributed by atoms with van der Waals surface area (Å²) in [6, 6.07) is 1.64. The van der Waals surface area contributed by atoms with Crippen molar-refractivity contribution in [3.05, 3.63) is 12.3 Å². The maximum absolute atomic E-state index is 13.8. The maximum atomic E-state index is 13.8. The molecule has 38 heavy (non-hydrogen) atoms. The fraction of sp³-hybridized carbons (Fsp3) is 0.778. The second-order valence-corrected chi connectivity index (χ2v) is 10.5. The molecule has 3 aliphatic rings. The van der Waals surface area contributed by atoms with Crippen LogP contribution in [-0.4, -0.2) is 99.0 Å². The van der Waals surface area contributed by atoms with E-state index >= 15 is 0 Å². The van der Waals surface area contributed by atoms with Crippen LogP contribution in [0.4, 0.5) is 4.79 Å². The Kier molecular flexibility index (Phi) is 11.7. The van der Waals surface area contributed by atoms with Crippen LogP contribution in [0.2, 0.25) is 0 Å². The van der Waals surface area contributed by atoms with Gasteiger partial charge in [0.05, 0.1) is 45.3 Å². The number of nitrogens with one attached hydrogen (secondary N) is 2. The zero-order chi connectivity index (χ0) is 27.4. The first kappa shape index (κ1) is 29.7. The lowest BCUT2D eigenvalue weighted by Crippen LogP contribution is -2.57. The van der Waals surface area contributed by atoms with Gasteiger partial charge in [0.2, 0.25) is 11.9 Å². The maximum Gasteiger partial charge on any atom is 0.413 e. The summed E-state index contributed by atoms with van der Waals surface area (Å²) < 4.78 is 16.0. The van der Waals surface area contributed by atoms with Crippen LogP contribution in [0.1, 0.15) is 58.3 Å². The number of amides is 2. The highest BCUT2D eigenvalue weighted by molar-refractivity contribution is 5.96. The summed E-state index contributed by atoms with van der Waals surface area (Å²) in [4.78, 5) is 35.2. The lowest BCUT2D eigenvalue weighted by atomic mass is 9.84. The normalized spacial score (nSPS) is 23.9. The van der Waals surface area contributed by atoms with Gasteiger partial charge >= 0.3 is 6.09 Å². The minimum Gasteiger partial charge on any atom is -0.505 e. The van der Waals surface area contributed by atoms with Crippen molar-refractivity contribution in [3.8, 4) is 6.07 Å². The third-order valence-corrected chi connectivity index (χ3v) is 7.59.